The summed E-state index contributed by atoms with van der Waals surface area (Å²) in [6.45, 7) is 2.18. The minimum absolute atomic E-state index is 0.0373. The molecule has 0 saturated heterocycles. The molecule has 5 heteroatoms. The molecular formula is C18H21N3OS. The van der Waals surface area contributed by atoms with E-state index in [1.54, 1.807) is 10.5 Å². The van der Waals surface area contributed by atoms with Crippen LogP contribution in [0.15, 0.2) is 59.7 Å². The molecule has 0 aliphatic carbocycles. The average molecular weight is 327 g/mol. The van der Waals surface area contributed by atoms with E-state index in [1.165, 1.54) is 0 Å². The maximum absolute atomic E-state index is 10.2. The first-order chi connectivity index (χ1) is 11.2. The van der Waals surface area contributed by atoms with Crippen molar-refractivity contribution in [2.45, 2.75) is 32.4 Å². The molecule has 0 aromatic heterocycles. The minimum Gasteiger partial charge on any atom is -0.507 e. The van der Waals surface area contributed by atoms with E-state index in [0.717, 1.165) is 36.3 Å². The lowest BCUT2D eigenvalue weighted by molar-refractivity contribution is 0.380. The zero-order valence-electron chi connectivity index (χ0n) is 13.1. The fourth-order valence-corrected chi connectivity index (χ4v) is 3.12. The quantitative estimate of drug-likeness (QED) is 0.807. The number of para-hydroxylation sites is 2. The van der Waals surface area contributed by atoms with Crippen LogP contribution in [0.25, 0.3) is 0 Å². The molecule has 120 valence electrons. The zero-order valence-corrected chi connectivity index (χ0v) is 14.0. The SMILES string of the molecule is CCCCC1N(S)N=C(c2ccccc2O)N1c1ccccc1. The van der Waals surface area contributed by atoms with Crippen molar-refractivity contribution in [2.24, 2.45) is 5.10 Å². The summed E-state index contributed by atoms with van der Waals surface area (Å²) in [4.78, 5) is 2.15. The summed E-state index contributed by atoms with van der Waals surface area (Å²) in [5.41, 5.74) is 1.77. The number of nitrogens with zero attached hydrogens (tertiary/aromatic N) is 3. The second-order valence-corrected chi connectivity index (χ2v) is 6.00. The number of phenols is 1. The highest BCUT2D eigenvalue weighted by molar-refractivity contribution is 7.77. The number of aromatic hydroxyl groups is 1. The topological polar surface area (TPSA) is 39.1 Å². The van der Waals surface area contributed by atoms with Crippen LogP contribution in [0, 0.1) is 0 Å². The monoisotopic (exact) mass is 327 g/mol. The van der Waals surface area contributed by atoms with Crippen molar-refractivity contribution in [3.8, 4) is 5.75 Å². The Hall–Kier alpha value is -2.14. The van der Waals surface area contributed by atoms with Gasteiger partial charge in [0.25, 0.3) is 0 Å². The van der Waals surface area contributed by atoms with E-state index in [1.807, 2.05) is 36.4 Å². The molecule has 0 fully saturated rings. The molecule has 2 aromatic rings. The third kappa shape index (κ3) is 3.15. The van der Waals surface area contributed by atoms with E-state index in [4.69, 9.17) is 0 Å². The molecule has 1 atom stereocenters. The van der Waals surface area contributed by atoms with Crippen molar-refractivity contribution in [2.75, 3.05) is 4.90 Å². The molecule has 3 rings (SSSR count). The standard InChI is InChI=1S/C18H21N3OS/c1-2-3-13-17-20(14-9-5-4-6-10-14)18(19-21(17)23)15-11-7-8-12-16(15)22/h4-12,17,22-23H,2-3,13H2,1H3. The van der Waals surface area contributed by atoms with Crippen LogP contribution in [-0.2, 0) is 0 Å². The predicted octanol–water partition coefficient (Wildman–Crippen LogP) is 4.24. The van der Waals surface area contributed by atoms with Crippen LogP contribution < -0.4 is 4.90 Å². The van der Waals surface area contributed by atoms with Gasteiger partial charge in [0, 0.05) is 5.69 Å². The fraction of sp³-hybridized carbons (Fsp3) is 0.278. The van der Waals surface area contributed by atoms with Gasteiger partial charge in [-0.2, -0.15) is 0 Å². The van der Waals surface area contributed by atoms with Crippen molar-refractivity contribution in [3.05, 3.63) is 60.2 Å². The Kier molecular flexibility index (Phi) is 4.76. The molecule has 0 saturated carbocycles. The molecule has 2 aromatic carbocycles. The molecule has 1 heterocycles. The van der Waals surface area contributed by atoms with E-state index >= 15 is 0 Å². The van der Waals surface area contributed by atoms with Gasteiger partial charge in [-0.25, -0.2) is 4.41 Å². The Bertz CT molecular complexity index is 690. The number of unbranched alkanes of at least 4 members (excludes halogenated alkanes) is 1. The lowest BCUT2D eigenvalue weighted by atomic mass is 10.1. The van der Waals surface area contributed by atoms with Gasteiger partial charge in [-0.15, -0.1) is 5.10 Å². The van der Waals surface area contributed by atoms with E-state index in [-0.39, 0.29) is 11.9 Å². The third-order valence-corrected chi connectivity index (χ3v) is 4.34. The molecule has 0 bridgehead atoms. The molecule has 0 radical (unpaired) electrons. The second kappa shape index (κ2) is 6.96. The van der Waals surface area contributed by atoms with Gasteiger partial charge in [0.2, 0.25) is 0 Å². The van der Waals surface area contributed by atoms with Crippen LogP contribution in [0.1, 0.15) is 31.7 Å². The number of anilines is 1. The summed E-state index contributed by atoms with van der Waals surface area (Å²) in [6, 6.07) is 17.4. The Labute approximate surface area is 142 Å². The molecule has 1 aliphatic heterocycles. The summed E-state index contributed by atoms with van der Waals surface area (Å²) in [7, 11) is 0. The molecule has 23 heavy (non-hydrogen) atoms. The first-order valence-electron chi connectivity index (χ1n) is 7.91. The summed E-state index contributed by atoms with van der Waals surface area (Å²) in [5, 5.41) is 14.8. The normalized spacial score (nSPS) is 17.5. The van der Waals surface area contributed by atoms with Crippen LogP contribution in [-0.4, -0.2) is 21.5 Å². The van der Waals surface area contributed by atoms with Gasteiger partial charge in [-0.1, -0.05) is 43.7 Å². The Morgan fingerprint density at radius 1 is 1.09 bits per heavy atom. The number of rotatable bonds is 5. The van der Waals surface area contributed by atoms with Crippen LogP contribution in [0.5, 0.6) is 5.75 Å². The molecule has 0 amide bonds. The molecule has 1 N–H and O–H groups in total. The molecule has 1 unspecified atom stereocenters. The van der Waals surface area contributed by atoms with E-state index in [9.17, 15) is 5.11 Å². The average Bonchev–Trinajstić information content (AvgIpc) is 2.90. The smallest absolute Gasteiger partial charge is 0.167 e. The highest BCUT2D eigenvalue weighted by Crippen LogP contribution is 2.33. The van der Waals surface area contributed by atoms with Crippen molar-refractivity contribution >= 4 is 24.3 Å². The summed E-state index contributed by atoms with van der Waals surface area (Å²) in [5.74, 6) is 0.954. The first kappa shape index (κ1) is 15.7. The summed E-state index contributed by atoms with van der Waals surface area (Å²) < 4.78 is 1.70. The predicted molar refractivity (Wildman–Crippen MR) is 97.7 cm³/mol. The van der Waals surface area contributed by atoms with Crippen LogP contribution in [0.3, 0.4) is 0 Å². The van der Waals surface area contributed by atoms with Gasteiger partial charge in [0.1, 0.15) is 11.9 Å². The van der Waals surface area contributed by atoms with Gasteiger partial charge in [-0.05, 0) is 49.9 Å². The molecule has 0 spiro atoms. The van der Waals surface area contributed by atoms with Crippen LogP contribution in [0.2, 0.25) is 0 Å². The lowest BCUT2D eigenvalue weighted by Gasteiger charge is -2.29. The van der Waals surface area contributed by atoms with Crippen LogP contribution >= 0.6 is 12.8 Å². The zero-order chi connectivity index (χ0) is 16.2. The van der Waals surface area contributed by atoms with Crippen molar-refractivity contribution < 1.29 is 5.11 Å². The minimum atomic E-state index is 0.0373. The second-order valence-electron chi connectivity index (χ2n) is 5.59. The van der Waals surface area contributed by atoms with Crippen molar-refractivity contribution in [1.82, 2.24) is 4.41 Å². The molecule has 4 nitrogen and oxygen atoms in total. The first-order valence-corrected chi connectivity index (χ1v) is 8.31. The van der Waals surface area contributed by atoms with E-state index in [0.29, 0.717) is 0 Å². The van der Waals surface area contributed by atoms with Crippen molar-refractivity contribution in [1.29, 1.82) is 0 Å². The maximum atomic E-state index is 10.2. The summed E-state index contributed by atoms with van der Waals surface area (Å²) in [6.07, 6.45) is 3.20. The number of hydrogen-bond acceptors (Lipinski definition) is 5. The van der Waals surface area contributed by atoms with Gasteiger partial charge >= 0.3 is 0 Å². The number of amidine groups is 1. The van der Waals surface area contributed by atoms with E-state index < -0.39 is 0 Å². The van der Waals surface area contributed by atoms with Gasteiger partial charge in [0.05, 0.1) is 5.56 Å². The highest BCUT2D eigenvalue weighted by Gasteiger charge is 2.35. The summed E-state index contributed by atoms with van der Waals surface area (Å²) >= 11 is 4.54. The number of hydrazone groups is 1. The maximum Gasteiger partial charge on any atom is 0.167 e. The largest absolute Gasteiger partial charge is 0.507 e. The fourth-order valence-electron chi connectivity index (χ4n) is 2.82. The number of benzene rings is 2. The molecule has 1 aliphatic rings. The lowest BCUT2D eigenvalue weighted by Crippen LogP contribution is -2.40. The highest BCUT2D eigenvalue weighted by atomic mass is 32.1. The van der Waals surface area contributed by atoms with Gasteiger partial charge in [0.15, 0.2) is 5.84 Å². The number of phenolic OH excluding ortho intramolecular Hbond substituents is 1. The number of hydrogen-bond donors (Lipinski definition) is 2. The van der Waals surface area contributed by atoms with Crippen LogP contribution in [0.4, 0.5) is 5.69 Å². The Morgan fingerprint density at radius 3 is 2.48 bits per heavy atom. The van der Waals surface area contributed by atoms with E-state index in [2.05, 4.69) is 41.9 Å². The Morgan fingerprint density at radius 2 is 1.78 bits per heavy atom. The Balaban J connectivity index is 2.03. The van der Waals surface area contributed by atoms with Gasteiger partial charge < -0.3 is 10.0 Å². The van der Waals surface area contributed by atoms with Gasteiger partial charge in [-0.3, -0.25) is 0 Å². The molecular weight excluding hydrogens is 306 g/mol. The van der Waals surface area contributed by atoms with Crippen molar-refractivity contribution in [3.63, 3.8) is 0 Å². The third-order valence-electron chi connectivity index (χ3n) is 3.99. The number of thiol groups is 1.